The minimum atomic E-state index is -0.746. The van der Waals surface area contributed by atoms with Crippen molar-refractivity contribution in [3.05, 3.63) is 42.5 Å². The number of aliphatic carboxylic acids is 1. The van der Waals surface area contributed by atoms with Crippen molar-refractivity contribution in [1.29, 1.82) is 0 Å². The number of nitrogens with zero attached hydrogens (tertiary/aromatic N) is 1. The number of benzene rings is 2. The quantitative estimate of drug-likeness (QED) is 0.871. The first-order valence-electron chi connectivity index (χ1n) is 7.44. The van der Waals surface area contributed by atoms with Crippen molar-refractivity contribution < 1.29 is 9.90 Å². The van der Waals surface area contributed by atoms with Crippen LogP contribution in [0.5, 0.6) is 0 Å². The van der Waals surface area contributed by atoms with Crippen LogP contribution in [0.15, 0.2) is 42.5 Å². The molecule has 2 aromatic rings. The maximum absolute atomic E-state index is 11.2. The Kier molecular flexibility index (Phi) is 4.84. The number of carbonyl (C=O) groups is 1. The number of rotatable bonds is 6. The van der Waals surface area contributed by atoms with Crippen LogP contribution in [0, 0.1) is 11.8 Å². The predicted octanol–water partition coefficient (Wildman–Crippen LogP) is 4.02. The van der Waals surface area contributed by atoms with Crippen LogP contribution < -0.4 is 4.90 Å². The Morgan fingerprint density at radius 3 is 2.38 bits per heavy atom. The highest BCUT2D eigenvalue weighted by molar-refractivity contribution is 5.94. The Hall–Kier alpha value is -2.03. The molecular weight excluding hydrogens is 262 g/mol. The van der Waals surface area contributed by atoms with E-state index in [1.165, 1.54) is 10.8 Å². The smallest absolute Gasteiger partial charge is 0.308 e. The summed E-state index contributed by atoms with van der Waals surface area (Å²) in [7, 11) is 0. The van der Waals surface area contributed by atoms with Gasteiger partial charge in [0.25, 0.3) is 0 Å². The van der Waals surface area contributed by atoms with Crippen molar-refractivity contribution in [2.24, 2.45) is 11.8 Å². The molecule has 0 amide bonds. The van der Waals surface area contributed by atoms with Crippen molar-refractivity contribution in [1.82, 2.24) is 0 Å². The zero-order valence-corrected chi connectivity index (χ0v) is 12.9. The summed E-state index contributed by atoms with van der Waals surface area (Å²) in [6, 6.07) is 14.5. The van der Waals surface area contributed by atoms with Crippen molar-refractivity contribution in [2.45, 2.75) is 20.8 Å². The van der Waals surface area contributed by atoms with Gasteiger partial charge >= 0.3 is 5.97 Å². The molecule has 0 saturated heterocycles. The predicted molar refractivity (Wildman–Crippen MR) is 87.8 cm³/mol. The largest absolute Gasteiger partial charge is 0.481 e. The van der Waals surface area contributed by atoms with Gasteiger partial charge in [0.05, 0.1) is 5.92 Å². The van der Waals surface area contributed by atoms with E-state index in [0.717, 1.165) is 12.2 Å². The lowest BCUT2D eigenvalue weighted by Crippen LogP contribution is -2.34. The molecule has 21 heavy (non-hydrogen) atoms. The number of carboxylic acid groups (broad SMARTS) is 1. The zero-order valence-electron chi connectivity index (χ0n) is 12.9. The first kappa shape index (κ1) is 15.4. The number of fused-ring (bicyclic) bond motifs is 1. The first-order chi connectivity index (χ1) is 9.99. The average molecular weight is 285 g/mol. The lowest BCUT2D eigenvalue weighted by molar-refractivity contribution is -0.140. The van der Waals surface area contributed by atoms with Crippen LogP contribution in [0.3, 0.4) is 0 Å². The molecule has 2 aromatic carbocycles. The second-order valence-corrected chi connectivity index (χ2v) is 6.04. The van der Waals surface area contributed by atoms with Gasteiger partial charge in [-0.3, -0.25) is 4.79 Å². The molecule has 0 bridgehead atoms. The summed E-state index contributed by atoms with van der Waals surface area (Å²) in [4.78, 5) is 13.4. The van der Waals surface area contributed by atoms with E-state index in [1.54, 1.807) is 6.92 Å². The molecule has 1 N–H and O–H groups in total. The van der Waals surface area contributed by atoms with Crippen LogP contribution in [0.4, 0.5) is 5.69 Å². The van der Waals surface area contributed by atoms with E-state index in [4.69, 9.17) is 0 Å². The third kappa shape index (κ3) is 3.75. The number of anilines is 1. The standard InChI is InChI=1S/C18H23NO2/c1-13(2)11-19(12-14(3)18(20)21)17-10-6-8-15-7-4-5-9-16(15)17/h4-10,13-14H,11-12H2,1-3H3,(H,20,21). The molecule has 0 aliphatic rings. The molecule has 1 atom stereocenters. The van der Waals surface area contributed by atoms with Crippen LogP contribution in [-0.4, -0.2) is 24.2 Å². The second-order valence-electron chi connectivity index (χ2n) is 6.04. The fraction of sp³-hybridized carbons (Fsp3) is 0.389. The molecule has 0 saturated carbocycles. The van der Waals surface area contributed by atoms with E-state index in [9.17, 15) is 9.90 Å². The summed E-state index contributed by atoms with van der Waals surface area (Å²) in [6.07, 6.45) is 0. The van der Waals surface area contributed by atoms with Crippen LogP contribution in [0.1, 0.15) is 20.8 Å². The summed E-state index contributed by atoms with van der Waals surface area (Å²) in [5.41, 5.74) is 1.12. The minimum absolute atomic E-state index is 0.386. The molecule has 0 heterocycles. The summed E-state index contributed by atoms with van der Waals surface area (Å²) < 4.78 is 0. The Labute approximate surface area is 126 Å². The second kappa shape index (κ2) is 6.61. The van der Waals surface area contributed by atoms with Gasteiger partial charge in [0.1, 0.15) is 0 Å². The van der Waals surface area contributed by atoms with E-state index < -0.39 is 5.97 Å². The van der Waals surface area contributed by atoms with E-state index in [0.29, 0.717) is 12.5 Å². The molecule has 0 aliphatic carbocycles. The highest BCUT2D eigenvalue weighted by Crippen LogP contribution is 2.28. The molecule has 3 heteroatoms. The van der Waals surface area contributed by atoms with Crippen molar-refractivity contribution in [3.8, 4) is 0 Å². The maximum Gasteiger partial charge on any atom is 0.308 e. The highest BCUT2D eigenvalue weighted by Gasteiger charge is 2.18. The Bertz CT molecular complexity index is 616. The summed E-state index contributed by atoms with van der Waals surface area (Å²) in [6.45, 7) is 7.46. The molecule has 0 radical (unpaired) electrons. The molecule has 0 fully saturated rings. The molecule has 3 nitrogen and oxygen atoms in total. The van der Waals surface area contributed by atoms with Gasteiger partial charge in [-0.1, -0.05) is 57.2 Å². The fourth-order valence-electron chi connectivity index (χ4n) is 2.60. The Balaban J connectivity index is 2.40. The van der Waals surface area contributed by atoms with Gasteiger partial charge in [0.15, 0.2) is 0 Å². The van der Waals surface area contributed by atoms with Crippen molar-refractivity contribution >= 4 is 22.4 Å². The third-order valence-corrected chi connectivity index (χ3v) is 3.61. The summed E-state index contributed by atoms with van der Waals surface area (Å²) >= 11 is 0. The van der Waals surface area contributed by atoms with Crippen LogP contribution >= 0.6 is 0 Å². The average Bonchev–Trinajstić information content (AvgIpc) is 2.45. The fourth-order valence-corrected chi connectivity index (χ4v) is 2.60. The number of carboxylic acids is 1. The maximum atomic E-state index is 11.2. The van der Waals surface area contributed by atoms with E-state index in [2.05, 4.69) is 43.0 Å². The van der Waals surface area contributed by atoms with Gasteiger partial charge in [-0.05, 0) is 17.4 Å². The lowest BCUT2D eigenvalue weighted by Gasteiger charge is -2.29. The van der Waals surface area contributed by atoms with Crippen LogP contribution in [0.2, 0.25) is 0 Å². The van der Waals surface area contributed by atoms with Crippen LogP contribution in [0.25, 0.3) is 10.8 Å². The Morgan fingerprint density at radius 1 is 1.05 bits per heavy atom. The van der Waals surface area contributed by atoms with Crippen molar-refractivity contribution in [2.75, 3.05) is 18.0 Å². The molecule has 0 aromatic heterocycles. The lowest BCUT2D eigenvalue weighted by atomic mass is 10.0. The Morgan fingerprint density at radius 2 is 1.71 bits per heavy atom. The minimum Gasteiger partial charge on any atom is -0.481 e. The van der Waals surface area contributed by atoms with E-state index in [1.807, 2.05) is 18.2 Å². The van der Waals surface area contributed by atoms with Gasteiger partial charge in [0, 0.05) is 24.2 Å². The first-order valence-corrected chi connectivity index (χ1v) is 7.44. The highest BCUT2D eigenvalue weighted by atomic mass is 16.4. The van der Waals surface area contributed by atoms with Gasteiger partial charge in [-0.2, -0.15) is 0 Å². The van der Waals surface area contributed by atoms with Crippen LogP contribution in [-0.2, 0) is 4.79 Å². The number of hydrogen-bond acceptors (Lipinski definition) is 2. The molecule has 1 unspecified atom stereocenters. The van der Waals surface area contributed by atoms with E-state index >= 15 is 0 Å². The summed E-state index contributed by atoms with van der Waals surface area (Å²) in [5, 5.41) is 11.6. The van der Waals surface area contributed by atoms with Gasteiger partial charge < -0.3 is 10.0 Å². The zero-order chi connectivity index (χ0) is 15.4. The van der Waals surface area contributed by atoms with E-state index in [-0.39, 0.29) is 5.92 Å². The molecular formula is C18H23NO2. The number of hydrogen-bond donors (Lipinski definition) is 1. The van der Waals surface area contributed by atoms with Gasteiger partial charge in [-0.15, -0.1) is 0 Å². The van der Waals surface area contributed by atoms with Gasteiger partial charge in [-0.25, -0.2) is 0 Å². The monoisotopic (exact) mass is 285 g/mol. The molecule has 0 spiro atoms. The topological polar surface area (TPSA) is 40.5 Å². The summed E-state index contributed by atoms with van der Waals surface area (Å²) in [5.74, 6) is -0.656. The van der Waals surface area contributed by atoms with Gasteiger partial charge in [0.2, 0.25) is 0 Å². The molecule has 0 aliphatic heterocycles. The SMILES string of the molecule is CC(C)CN(CC(C)C(=O)O)c1cccc2ccccc12. The molecule has 112 valence electrons. The third-order valence-electron chi connectivity index (χ3n) is 3.61. The van der Waals surface area contributed by atoms with Crippen molar-refractivity contribution in [3.63, 3.8) is 0 Å². The normalized spacial score (nSPS) is 12.6. The molecule has 2 rings (SSSR count).